The minimum Gasteiger partial charge on any atom is -0.497 e. The monoisotopic (exact) mass is 525 g/mol. The van der Waals surface area contributed by atoms with Crippen LogP contribution >= 0.6 is 0 Å². The normalized spacial score (nSPS) is 18.6. The second-order valence-corrected chi connectivity index (χ2v) is 9.69. The van der Waals surface area contributed by atoms with Crippen LogP contribution in [-0.2, 0) is 4.79 Å². The number of aliphatic carboxylic acids is 1. The van der Waals surface area contributed by atoms with Gasteiger partial charge in [0.05, 0.1) is 25.4 Å². The fourth-order valence-corrected chi connectivity index (χ4v) is 5.22. The number of rotatable bonds is 8. The number of nitrogens with zero attached hydrogens (tertiary/aromatic N) is 2. The highest BCUT2D eigenvalue weighted by atomic mass is 19.1. The number of hydrogen-bond donors (Lipinski definition) is 2. The lowest BCUT2D eigenvalue weighted by molar-refractivity contribution is -0.139. The average Bonchev–Trinajstić information content (AvgIpc) is 2.86. The fourth-order valence-electron chi connectivity index (χ4n) is 5.22. The molecule has 0 aliphatic carbocycles. The van der Waals surface area contributed by atoms with Crippen molar-refractivity contribution in [3.05, 3.63) is 71.2 Å². The highest BCUT2D eigenvalue weighted by Crippen LogP contribution is 2.35. The maximum Gasteiger partial charge on any atom is 0.303 e. The number of piperidine rings is 1. The van der Waals surface area contributed by atoms with Gasteiger partial charge in [-0.1, -0.05) is 11.8 Å². The van der Waals surface area contributed by atoms with Gasteiger partial charge in [-0.15, -0.1) is 0 Å². The van der Waals surface area contributed by atoms with Crippen LogP contribution in [0.4, 0.5) is 13.2 Å². The van der Waals surface area contributed by atoms with Gasteiger partial charge in [0.15, 0.2) is 0 Å². The number of likely N-dealkylation sites (tertiary alicyclic amines) is 1. The number of methoxy groups -OCH3 is 1. The third-order valence-corrected chi connectivity index (χ3v) is 7.10. The molecule has 3 atom stereocenters. The molecule has 1 aliphatic heterocycles. The van der Waals surface area contributed by atoms with E-state index >= 15 is 0 Å². The minimum absolute atomic E-state index is 0.00267. The summed E-state index contributed by atoms with van der Waals surface area (Å²) in [5.74, 6) is 3.53. The van der Waals surface area contributed by atoms with Crippen LogP contribution in [0.25, 0.3) is 10.9 Å². The Kier molecular flexibility index (Phi) is 8.87. The first-order valence-electron chi connectivity index (χ1n) is 12.5. The highest BCUT2D eigenvalue weighted by molar-refractivity contribution is 5.84. The van der Waals surface area contributed by atoms with E-state index in [1.54, 1.807) is 18.2 Å². The topological polar surface area (TPSA) is 88.7 Å². The van der Waals surface area contributed by atoms with Gasteiger partial charge in [-0.05, 0) is 68.0 Å². The molecule has 0 radical (unpaired) electrons. The van der Waals surface area contributed by atoms with Gasteiger partial charge in [0.25, 0.3) is 0 Å². The Morgan fingerprint density at radius 1 is 1.21 bits per heavy atom. The van der Waals surface area contributed by atoms with Crippen LogP contribution in [0.1, 0.15) is 42.9 Å². The van der Waals surface area contributed by atoms with Gasteiger partial charge < -0.3 is 15.6 Å². The molecule has 200 valence electrons. The van der Waals surface area contributed by atoms with E-state index in [4.69, 9.17) is 10.5 Å². The molecule has 0 bridgehead atoms. The van der Waals surface area contributed by atoms with Gasteiger partial charge in [0.2, 0.25) is 0 Å². The molecule has 9 heteroatoms. The van der Waals surface area contributed by atoms with Gasteiger partial charge >= 0.3 is 5.97 Å². The number of carboxylic acid groups (broad SMARTS) is 1. The van der Waals surface area contributed by atoms with Crippen LogP contribution in [0.15, 0.2) is 42.6 Å². The molecule has 1 fully saturated rings. The van der Waals surface area contributed by atoms with Crippen molar-refractivity contribution in [3.8, 4) is 17.6 Å². The molecule has 2 aromatic carbocycles. The largest absolute Gasteiger partial charge is 0.497 e. The molecule has 6 nitrogen and oxygen atoms in total. The van der Waals surface area contributed by atoms with Gasteiger partial charge in [0, 0.05) is 41.6 Å². The van der Waals surface area contributed by atoms with Crippen molar-refractivity contribution in [3.63, 3.8) is 0 Å². The first-order chi connectivity index (χ1) is 18.2. The van der Waals surface area contributed by atoms with Crippen molar-refractivity contribution < 1.29 is 27.8 Å². The summed E-state index contributed by atoms with van der Waals surface area (Å²) in [4.78, 5) is 17.8. The van der Waals surface area contributed by atoms with Crippen LogP contribution in [0.2, 0.25) is 0 Å². The maximum atomic E-state index is 14.8. The molecule has 0 spiro atoms. The Balaban J connectivity index is 1.42. The minimum atomic E-state index is -0.884. The average molecular weight is 526 g/mol. The number of nitrogens with two attached hydrogens (primary N) is 1. The first kappa shape index (κ1) is 27.4. The van der Waals surface area contributed by atoms with Crippen LogP contribution < -0.4 is 10.5 Å². The Bertz CT molecular complexity index is 1350. The maximum absolute atomic E-state index is 14.8. The van der Waals surface area contributed by atoms with E-state index in [9.17, 15) is 23.1 Å². The third kappa shape index (κ3) is 6.82. The number of aromatic nitrogens is 1. The Hall–Kier alpha value is -3.61. The van der Waals surface area contributed by atoms with E-state index in [2.05, 4.69) is 21.7 Å². The van der Waals surface area contributed by atoms with Gasteiger partial charge in [0.1, 0.15) is 23.2 Å². The number of benzene rings is 2. The number of ether oxygens (including phenoxy) is 1. The molecule has 0 saturated carbocycles. The highest BCUT2D eigenvalue weighted by Gasteiger charge is 2.31. The smallest absolute Gasteiger partial charge is 0.303 e. The molecule has 3 N–H and O–H groups in total. The van der Waals surface area contributed by atoms with Crippen molar-refractivity contribution >= 4 is 16.9 Å². The molecular weight excluding hydrogens is 495 g/mol. The molecular formula is C29H30F3N3O3. The molecule has 1 aromatic heterocycles. The van der Waals surface area contributed by atoms with Crippen molar-refractivity contribution in [1.29, 1.82) is 0 Å². The Labute approximate surface area is 219 Å². The number of hydrogen-bond acceptors (Lipinski definition) is 5. The van der Waals surface area contributed by atoms with Crippen LogP contribution in [0.5, 0.6) is 5.75 Å². The number of pyridine rings is 1. The summed E-state index contributed by atoms with van der Waals surface area (Å²) in [6, 6.07) is 7.79. The molecule has 2 heterocycles. The van der Waals surface area contributed by atoms with Crippen molar-refractivity contribution in [1.82, 2.24) is 9.88 Å². The summed E-state index contributed by atoms with van der Waals surface area (Å²) in [6.45, 7) is 1.59. The van der Waals surface area contributed by atoms with Crippen molar-refractivity contribution in [2.24, 2.45) is 17.6 Å². The van der Waals surface area contributed by atoms with Crippen LogP contribution in [0, 0.1) is 41.1 Å². The predicted molar refractivity (Wildman–Crippen MR) is 138 cm³/mol. The second kappa shape index (κ2) is 12.3. The van der Waals surface area contributed by atoms with E-state index in [0.717, 1.165) is 12.5 Å². The summed E-state index contributed by atoms with van der Waals surface area (Å²) in [5, 5.41) is 10.1. The van der Waals surface area contributed by atoms with E-state index < -0.39 is 29.5 Å². The van der Waals surface area contributed by atoms with Crippen LogP contribution in [0.3, 0.4) is 0 Å². The van der Waals surface area contributed by atoms with Gasteiger partial charge in [-0.2, -0.15) is 0 Å². The van der Waals surface area contributed by atoms with Crippen molar-refractivity contribution in [2.75, 3.05) is 26.7 Å². The number of carboxylic acids is 1. The Morgan fingerprint density at radius 2 is 1.97 bits per heavy atom. The van der Waals surface area contributed by atoms with Crippen LogP contribution in [-0.4, -0.2) is 47.7 Å². The molecule has 4 rings (SSSR count). The lowest BCUT2D eigenvalue weighted by Crippen LogP contribution is -2.41. The van der Waals surface area contributed by atoms with E-state index in [1.807, 2.05) is 0 Å². The number of halogens is 3. The zero-order valence-electron chi connectivity index (χ0n) is 21.1. The zero-order chi connectivity index (χ0) is 27.2. The molecule has 3 aromatic rings. The molecule has 3 unspecified atom stereocenters. The summed E-state index contributed by atoms with van der Waals surface area (Å²) in [5.41, 5.74) is 7.73. The van der Waals surface area contributed by atoms with E-state index in [0.29, 0.717) is 54.7 Å². The first-order valence-corrected chi connectivity index (χ1v) is 12.5. The summed E-state index contributed by atoms with van der Waals surface area (Å²) >= 11 is 0. The zero-order valence-corrected chi connectivity index (χ0v) is 21.1. The molecule has 0 amide bonds. The molecule has 38 heavy (non-hydrogen) atoms. The third-order valence-electron chi connectivity index (χ3n) is 7.10. The molecule has 1 saturated heterocycles. The number of carbonyl (C=O) groups is 1. The molecule has 1 aliphatic rings. The summed E-state index contributed by atoms with van der Waals surface area (Å²) in [6.07, 6.45) is 3.05. The standard InChI is InChI=1S/C29H30F3N3O3/c1-38-23-5-7-27-24(15-23)29(25(32)16-34-27)26(33)6-4-19-8-10-35(17-20(19)13-28(36)37)9-2-3-18-11-21(30)14-22(31)12-18/h5,7,11-12,14-16,19-20,26H,4,6,8-10,13,17,33H2,1H3,(H,36,37). The summed E-state index contributed by atoms with van der Waals surface area (Å²) in [7, 11) is 1.54. The van der Waals surface area contributed by atoms with Crippen molar-refractivity contribution in [2.45, 2.75) is 31.7 Å². The Morgan fingerprint density at radius 3 is 2.68 bits per heavy atom. The van der Waals surface area contributed by atoms with Gasteiger partial charge in [-0.3, -0.25) is 14.7 Å². The SMILES string of the molecule is COc1ccc2ncc(F)c(C(N)CCC3CCN(CC#Cc4cc(F)cc(F)c4)CC3CC(=O)O)c2c1. The van der Waals surface area contributed by atoms with E-state index in [1.165, 1.54) is 25.4 Å². The van der Waals surface area contributed by atoms with Gasteiger partial charge in [-0.25, -0.2) is 13.2 Å². The predicted octanol–water partition coefficient (Wildman–Crippen LogP) is 4.91. The lowest BCUT2D eigenvalue weighted by Gasteiger charge is -2.37. The number of fused-ring (bicyclic) bond motifs is 1. The summed E-state index contributed by atoms with van der Waals surface area (Å²) < 4.78 is 46.9. The quantitative estimate of drug-likeness (QED) is 0.407. The van der Waals surface area contributed by atoms with E-state index in [-0.39, 0.29) is 23.8 Å². The second-order valence-electron chi connectivity index (χ2n) is 9.69. The lowest BCUT2D eigenvalue weighted by atomic mass is 9.79. The fraction of sp³-hybridized carbons (Fsp3) is 0.379.